The van der Waals surface area contributed by atoms with Crippen LogP contribution in [0.15, 0.2) is 54.9 Å². The van der Waals surface area contributed by atoms with Crippen LogP contribution in [-0.4, -0.2) is 24.9 Å². The molecule has 4 heterocycles. The molecule has 3 aromatic heterocycles. The number of hydrogen-bond acceptors (Lipinski definition) is 4. The van der Waals surface area contributed by atoms with E-state index in [1.807, 2.05) is 26.2 Å². The number of nitrogens with one attached hydrogen (secondary N) is 2. The number of nitrogens with zero attached hydrogens (tertiary/aromatic N) is 3. The van der Waals surface area contributed by atoms with Gasteiger partial charge in [-0.2, -0.15) is 0 Å². The molecule has 154 valence electrons. The quantitative estimate of drug-likeness (QED) is 0.330. The third kappa shape index (κ3) is 2.37. The smallest absolute Gasteiger partial charge is 0.130 e. The van der Waals surface area contributed by atoms with Crippen LogP contribution in [-0.2, 0) is 6.61 Å². The molecule has 0 spiro atoms. The highest BCUT2D eigenvalue weighted by Gasteiger charge is 2.21. The molecule has 0 aliphatic carbocycles. The van der Waals surface area contributed by atoms with E-state index in [0.29, 0.717) is 6.61 Å². The Kier molecular flexibility index (Phi) is 3.37. The molecule has 7 rings (SSSR count). The summed E-state index contributed by atoms with van der Waals surface area (Å²) in [4.78, 5) is 20.4. The molecule has 0 saturated heterocycles. The van der Waals surface area contributed by atoms with E-state index in [2.05, 4.69) is 62.4 Å². The highest BCUT2D eigenvalue weighted by Crippen LogP contribution is 2.40. The Hall–Kier alpha value is -4.19. The number of imidazole rings is 2. The molecule has 1 aliphatic rings. The monoisotopic (exact) mass is 417 g/mol. The first-order valence-electron chi connectivity index (χ1n) is 10.6. The normalized spacial score (nSPS) is 12.8. The van der Waals surface area contributed by atoms with E-state index in [9.17, 15) is 0 Å². The Morgan fingerprint density at radius 1 is 0.812 bits per heavy atom. The van der Waals surface area contributed by atoms with E-state index in [4.69, 9.17) is 9.72 Å². The van der Waals surface area contributed by atoms with Crippen LogP contribution in [0.3, 0.4) is 0 Å². The fourth-order valence-electron chi connectivity index (χ4n) is 4.90. The lowest BCUT2D eigenvalue weighted by atomic mass is 9.95. The number of aryl methyl sites for hydroxylation is 2. The summed E-state index contributed by atoms with van der Waals surface area (Å²) in [5.74, 6) is 2.68. The molecule has 2 N–H and O–H groups in total. The summed E-state index contributed by atoms with van der Waals surface area (Å²) in [5, 5.41) is 4.56. The summed E-state index contributed by atoms with van der Waals surface area (Å²) in [7, 11) is 0. The van der Waals surface area contributed by atoms with Crippen molar-refractivity contribution in [2.75, 3.05) is 0 Å². The minimum atomic E-state index is 0.513. The van der Waals surface area contributed by atoms with Gasteiger partial charge in [0.1, 0.15) is 24.0 Å². The number of rotatable bonds is 1. The van der Waals surface area contributed by atoms with Crippen molar-refractivity contribution in [3.8, 4) is 28.1 Å². The zero-order valence-electron chi connectivity index (χ0n) is 17.7. The highest BCUT2D eigenvalue weighted by molar-refractivity contribution is 6.23. The summed E-state index contributed by atoms with van der Waals surface area (Å²) < 4.78 is 6.05. The van der Waals surface area contributed by atoms with Crippen molar-refractivity contribution in [3.63, 3.8) is 0 Å². The third-order valence-corrected chi connectivity index (χ3v) is 6.32. The number of H-pyrrole nitrogens is 2. The maximum atomic E-state index is 6.05. The molecule has 0 amide bonds. The van der Waals surface area contributed by atoms with Crippen LogP contribution in [0.4, 0.5) is 0 Å². The van der Waals surface area contributed by atoms with E-state index in [1.165, 1.54) is 5.39 Å². The van der Waals surface area contributed by atoms with Crippen molar-refractivity contribution >= 4 is 32.6 Å². The van der Waals surface area contributed by atoms with E-state index < -0.39 is 0 Å². The minimum Gasteiger partial charge on any atom is -0.487 e. The van der Waals surface area contributed by atoms with Crippen molar-refractivity contribution in [2.24, 2.45) is 0 Å². The van der Waals surface area contributed by atoms with Gasteiger partial charge in [0.05, 0.1) is 22.4 Å². The van der Waals surface area contributed by atoms with Crippen molar-refractivity contribution in [3.05, 3.63) is 72.2 Å². The maximum Gasteiger partial charge on any atom is 0.130 e. The maximum absolute atomic E-state index is 6.05. The van der Waals surface area contributed by atoms with Gasteiger partial charge < -0.3 is 14.7 Å². The van der Waals surface area contributed by atoms with Gasteiger partial charge in [0, 0.05) is 28.7 Å². The summed E-state index contributed by atoms with van der Waals surface area (Å²) >= 11 is 0. The van der Waals surface area contributed by atoms with Crippen molar-refractivity contribution in [1.82, 2.24) is 24.9 Å². The van der Waals surface area contributed by atoms with Crippen molar-refractivity contribution in [1.29, 1.82) is 0 Å². The van der Waals surface area contributed by atoms with Crippen LogP contribution >= 0.6 is 0 Å². The zero-order valence-corrected chi connectivity index (χ0v) is 17.7. The predicted molar refractivity (Wildman–Crippen MR) is 126 cm³/mol. The Bertz CT molecular complexity index is 1710. The van der Waals surface area contributed by atoms with Gasteiger partial charge in [0.25, 0.3) is 0 Å². The predicted octanol–water partition coefficient (Wildman–Crippen LogP) is 5.83. The van der Waals surface area contributed by atoms with Gasteiger partial charge in [-0.05, 0) is 60.0 Å². The van der Waals surface area contributed by atoms with Crippen LogP contribution in [0.1, 0.15) is 17.3 Å². The van der Waals surface area contributed by atoms with Gasteiger partial charge in [0.2, 0.25) is 0 Å². The van der Waals surface area contributed by atoms with Crippen LogP contribution in [0.25, 0.3) is 55.0 Å². The van der Waals surface area contributed by atoms with Gasteiger partial charge in [-0.3, -0.25) is 4.98 Å². The minimum absolute atomic E-state index is 0.513. The van der Waals surface area contributed by atoms with E-state index in [-0.39, 0.29) is 0 Å². The number of fused-ring (bicyclic) bond motifs is 9. The average Bonchev–Trinajstić information content (AvgIpc) is 3.40. The molecule has 1 aliphatic heterocycles. The van der Waals surface area contributed by atoms with Gasteiger partial charge >= 0.3 is 0 Å². The molecule has 0 fully saturated rings. The van der Waals surface area contributed by atoms with Crippen LogP contribution < -0.4 is 4.74 Å². The molecule has 3 aromatic carbocycles. The number of aromatic nitrogens is 5. The lowest BCUT2D eigenvalue weighted by molar-refractivity contribution is 0.298. The molecule has 0 radical (unpaired) electrons. The molecule has 6 heteroatoms. The van der Waals surface area contributed by atoms with Crippen LogP contribution in [0, 0.1) is 13.8 Å². The van der Waals surface area contributed by atoms with E-state index >= 15 is 0 Å². The first kappa shape index (κ1) is 17.5. The summed E-state index contributed by atoms with van der Waals surface area (Å²) in [6.07, 6.45) is 3.75. The van der Waals surface area contributed by atoms with Crippen LogP contribution in [0.2, 0.25) is 0 Å². The van der Waals surface area contributed by atoms with Crippen molar-refractivity contribution in [2.45, 2.75) is 20.5 Å². The lowest BCUT2D eigenvalue weighted by Crippen LogP contribution is -2.05. The first-order valence-corrected chi connectivity index (χ1v) is 10.6. The highest BCUT2D eigenvalue weighted by atomic mass is 16.5. The number of aromatic amines is 2. The number of ether oxygens (including phenoxy) is 1. The van der Waals surface area contributed by atoms with E-state index in [1.54, 1.807) is 0 Å². The SMILES string of the molecule is Cc1nc2c([nH]1)COc1cc(-c3ccc4c(c3)c3ccncc3c3nc(C)[nH]c43)ccc1-2. The van der Waals surface area contributed by atoms with E-state index in [0.717, 1.165) is 72.7 Å². The van der Waals surface area contributed by atoms with Crippen molar-refractivity contribution < 1.29 is 4.74 Å². The Labute approximate surface area is 183 Å². The molecular formula is C26H19N5O. The van der Waals surface area contributed by atoms with Crippen LogP contribution in [0.5, 0.6) is 5.75 Å². The molecule has 32 heavy (non-hydrogen) atoms. The van der Waals surface area contributed by atoms with Gasteiger partial charge in [-0.15, -0.1) is 0 Å². The lowest BCUT2D eigenvalue weighted by Gasteiger charge is -2.18. The summed E-state index contributed by atoms with van der Waals surface area (Å²) in [5.41, 5.74) is 7.34. The number of benzene rings is 3. The molecule has 0 atom stereocenters. The second-order valence-corrected chi connectivity index (χ2v) is 8.38. The Morgan fingerprint density at radius 2 is 1.66 bits per heavy atom. The zero-order chi connectivity index (χ0) is 21.4. The number of pyridine rings is 1. The van der Waals surface area contributed by atoms with Gasteiger partial charge in [-0.1, -0.05) is 18.2 Å². The second-order valence-electron chi connectivity index (χ2n) is 8.38. The molecular weight excluding hydrogens is 398 g/mol. The molecule has 0 unspecified atom stereocenters. The largest absolute Gasteiger partial charge is 0.487 e. The molecule has 6 aromatic rings. The Balaban J connectivity index is 1.45. The average molecular weight is 417 g/mol. The third-order valence-electron chi connectivity index (χ3n) is 6.32. The van der Waals surface area contributed by atoms with Gasteiger partial charge in [0.15, 0.2) is 0 Å². The number of hydrogen-bond donors (Lipinski definition) is 2. The molecule has 0 saturated carbocycles. The topological polar surface area (TPSA) is 79.5 Å². The fraction of sp³-hybridized carbons (Fsp3) is 0.115. The summed E-state index contributed by atoms with van der Waals surface area (Å²) in [6.45, 7) is 4.47. The molecule has 0 bridgehead atoms. The fourth-order valence-corrected chi connectivity index (χ4v) is 4.90. The Morgan fingerprint density at radius 3 is 2.59 bits per heavy atom. The second kappa shape index (κ2) is 6.17. The standard InChI is InChI=1S/C26H19N5O/c1-13-28-22-12-32-23-10-16(4-6-19(23)24(22)29-13)15-3-5-18-20(9-15)17-7-8-27-11-21(17)26-25(18)30-14(2)31-26/h3-11H,12H2,1-2H3,(H,28,29)(H,30,31). The van der Waals surface area contributed by atoms with Gasteiger partial charge in [-0.25, -0.2) is 9.97 Å². The molecule has 6 nitrogen and oxygen atoms in total. The summed E-state index contributed by atoms with van der Waals surface area (Å²) in [6, 6.07) is 15.0. The first-order chi connectivity index (χ1) is 15.7.